The number of non-ortho nitro benzene ring substituents is 1. The largest absolute Gasteiger partial charge is 0.497 e. The maximum atomic E-state index is 12.6. The van der Waals surface area contributed by atoms with E-state index in [1.54, 1.807) is 36.1 Å². The molecule has 2 aromatic carbocycles. The van der Waals surface area contributed by atoms with E-state index in [1.807, 2.05) is 12.1 Å². The SMILES string of the molecule is COc1ccc([C@H]2c3c(-c4ccc([N+](=O)[O-])cc4)n[nH]c(=O)c3Nc3nnnn32)cc1. The van der Waals surface area contributed by atoms with E-state index < -0.39 is 16.5 Å². The Morgan fingerprint density at radius 2 is 1.87 bits per heavy atom. The summed E-state index contributed by atoms with van der Waals surface area (Å²) in [7, 11) is 1.57. The summed E-state index contributed by atoms with van der Waals surface area (Å²) in [6.07, 6.45) is 0. The van der Waals surface area contributed by atoms with Crippen molar-refractivity contribution in [1.82, 2.24) is 30.4 Å². The van der Waals surface area contributed by atoms with Crippen molar-refractivity contribution >= 4 is 17.3 Å². The zero-order valence-electron chi connectivity index (χ0n) is 16.0. The molecule has 0 aliphatic carbocycles. The number of nitrogens with zero attached hydrogens (tertiary/aromatic N) is 6. The van der Waals surface area contributed by atoms with Crippen LogP contribution in [0.2, 0.25) is 0 Å². The van der Waals surface area contributed by atoms with E-state index in [0.29, 0.717) is 28.5 Å². The molecule has 0 bridgehead atoms. The summed E-state index contributed by atoms with van der Waals surface area (Å²) >= 11 is 0. The van der Waals surface area contributed by atoms with E-state index in [4.69, 9.17) is 4.74 Å². The topological polar surface area (TPSA) is 154 Å². The van der Waals surface area contributed by atoms with E-state index in [2.05, 4.69) is 31.0 Å². The molecule has 1 atom stereocenters. The van der Waals surface area contributed by atoms with E-state index in [1.165, 1.54) is 12.1 Å². The first kappa shape index (κ1) is 18.4. The molecule has 2 aromatic heterocycles. The fraction of sp³-hybridized carbons (Fsp3) is 0.105. The minimum Gasteiger partial charge on any atom is -0.497 e. The maximum Gasteiger partial charge on any atom is 0.288 e. The number of H-pyrrole nitrogens is 1. The molecule has 12 heteroatoms. The lowest BCUT2D eigenvalue weighted by atomic mass is 9.92. The lowest BCUT2D eigenvalue weighted by Gasteiger charge is -2.27. The van der Waals surface area contributed by atoms with Crippen molar-refractivity contribution in [3.63, 3.8) is 0 Å². The maximum absolute atomic E-state index is 12.6. The second kappa shape index (κ2) is 7.02. The molecule has 1 aliphatic rings. The van der Waals surface area contributed by atoms with Gasteiger partial charge in [0.2, 0.25) is 5.95 Å². The average molecular weight is 418 g/mol. The number of ether oxygens (including phenoxy) is 1. The highest BCUT2D eigenvalue weighted by Gasteiger charge is 2.34. The summed E-state index contributed by atoms with van der Waals surface area (Å²) in [5.74, 6) is 0.981. The number of benzene rings is 2. The van der Waals surface area contributed by atoms with Crippen LogP contribution in [0, 0.1) is 10.1 Å². The fourth-order valence-corrected chi connectivity index (χ4v) is 3.59. The van der Waals surface area contributed by atoms with Crippen LogP contribution < -0.4 is 15.6 Å². The third-order valence-electron chi connectivity index (χ3n) is 5.05. The molecule has 0 unspecified atom stereocenters. The van der Waals surface area contributed by atoms with Crippen LogP contribution in [0.5, 0.6) is 5.75 Å². The number of hydrogen-bond acceptors (Lipinski definition) is 9. The Hall–Kier alpha value is -4.61. The molecule has 0 fully saturated rings. The summed E-state index contributed by atoms with van der Waals surface area (Å²) in [5, 5.41) is 32.5. The molecule has 0 saturated carbocycles. The van der Waals surface area contributed by atoms with Gasteiger partial charge in [0, 0.05) is 23.3 Å². The van der Waals surface area contributed by atoms with E-state index in [0.717, 1.165) is 5.56 Å². The zero-order valence-corrected chi connectivity index (χ0v) is 16.0. The van der Waals surface area contributed by atoms with Gasteiger partial charge in [-0.25, -0.2) is 5.10 Å². The number of fused-ring (bicyclic) bond motifs is 2. The van der Waals surface area contributed by atoms with Crippen LogP contribution in [0.25, 0.3) is 11.3 Å². The van der Waals surface area contributed by atoms with Crippen LogP contribution in [0.15, 0.2) is 53.3 Å². The summed E-state index contributed by atoms with van der Waals surface area (Å²) in [4.78, 5) is 23.2. The van der Waals surface area contributed by atoms with Crippen molar-refractivity contribution in [3.8, 4) is 17.0 Å². The zero-order chi connectivity index (χ0) is 21.5. The number of anilines is 2. The first-order valence-corrected chi connectivity index (χ1v) is 9.13. The molecule has 0 radical (unpaired) electrons. The highest BCUT2D eigenvalue weighted by Crippen LogP contribution is 2.41. The van der Waals surface area contributed by atoms with Crippen LogP contribution in [-0.2, 0) is 0 Å². The molecule has 12 nitrogen and oxygen atoms in total. The van der Waals surface area contributed by atoms with Gasteiger partial charge in [0.1, 0.15) is 17.5 Å². The van der Waals surface area contributed by atoms with E-state index in [-0.39, 0.29) is 11.4 Å². The number of rotatable bonds is 4. The molecular formula is C19H14N8O4. The first-order valence-electron chi connectivity index (χ1n) is 9.13. The van der Waals surface area contributed by atoms with Gasteiger partial charge in [-0.15, -0.1) is 0 Å². The molecule has 0 spiro atoms. The molecular weight excluding hydrogens is 404 g/mol. The Bertz CT molecular complexity index is 1340. The Morgan fingerprint density at radius 1 is 1.13 bits per heavy atom. The van der Waals surface area contributed by atoms with Crippen molar-refractivity contribution in [1.29, 1.82) is 0 Å². The minimum atomic E-state index is -0.563. The van der Waals surface area contributed by atoms with Crippen LogP contribution in [0.3, 0.4) is 0 Å². The molecule has 0 saturated heterocycles. The summed E-state index contributed by atoms with van der Waals surface area (Å²) in [5.41, 5.74) is 2.15. The Morgan fingerprint density at radius 3 is 2.55 bits per heavy atom. The summed E-state index contributed by atoms with van der Waals surface area (Å²) < 4.78 is 6.80. The molecule has 1 aliphatic heterocycles. The lowest BCUT2D eigenvalue weighted by molar-refractivity contribution is -0.384. The Labute approximate surface area is 173 Å². The number of aromatic amines is 1. The van der Waals surface area contributed by atoms with E-state index in [9.17, 15) is 14.9 Å². The Balaban J connectivity index is 1.74. The average Bonchev–Trinajstić information content (AvgIpc) is 3.27. The van der Waals surface area contributed by atoms with Gasteiger partial charge < -0.3 is 10.1 Å². The molecule has 4 aromatic rings. The predicted molar refractivity (Wildman–Crippen MR) is 108 cm³/mol. The predicted octanol–water partition coefficient (Wildman–Crippen LogP) is 2.03. The number of hydrogen-bond donors (Lipinski definition) is 2. The van der Waals surface area contributed by atoms with Gasteiger partial charge in [-0.1, -0.05) is 17.2 Å². The smallest absolute Gasteiger partial charge is 0.288 e. The van der Waals surface area contributed by atoms with Crippen molar-refractivity contribution in [2.45, 2.75) is 6.04 Å². The highest BCUT2D eigenvalue weighted by molar-refractivity contribution is 5.75. The standard InChI is InChI=1S/C19H14N8O4/c1-31-13-8-4-11(5-9-13)17-14-15(10-2-6-12(7-3-10)27(29)30)21-22-18(28)16(14)20-19-23-24-25-26(17)19/h2-9,17H,1H3,(H,22,28)(H,20,23,25)/t17-/m0/s1. The summed E-state index contributed by atoms with van der Waals surface area (Å²) in [6.45, 7) is 0. The quantitative estimate of drug-likeness (QED) is 0.329. The van der Waals surface area contributed by atoms with Gasteiger partial charge in [0.15, 0.2) is 0 Å². The minimum absolute atomic E-state index is 0.0466. The van der Waals surface area contributed by atoms with Gasteiger partial charge in [-0.3, -0.25) is 14.9 Å². The van der Waals surface area contributed by atoms with Gasteiger partial charge in [-0.05, 0) is 40.3 Å². The van der Waals surface area contributed by atoms with Crippen LogP contribution >= 0.6 is 0 Å². The van der Waals surface area contributed by atoms with E-state index >= 15 is 0 Å². The van der Waals surface area contributed by atoms with Crippen molar-refractivity contribution in [3.05, 3.63) is 80.1 Å². The molecule has 2 N–H and O–H groups in total. The van der Waals surface area contributed by atoms with Gasteiger partial charge in [-0.2, -0.15) is 9.78 Å². The summed E-state index contributed by atoms with van der Waals surface area (Å²) in [6, 6.07) is 12.7. The van der Waals surface area contributed by atoms with Crippen molar-refractivity contribution < 1.29 is 9.66 Å². The second-order valence-electron chi connectivity index (χ2n) is 6.74. The number of methoxy groups -OCH3 is 1. The number of nitro benzene ring substituents is 1. The number of tetrazole rings is 1. The van der Waals surface area contributed by atoms with Crippen LogP contribution in [-0.4, -0.2) is 42.4 Å². The molecule has 154 valence electrons. The normalized spacial score (nSPS) is 14.3. The van der Waals surface area contributed by atoms with Crippen molar-refractivity contribution in [2.24, 2.45) is 0 Å². The lowest BCUT2D eigenvalue weighted by Crippen LogP contribution is -2.29. The first-order chi connectivity index (χ1) is 15.1. The third kappa shape index (κ3) is 2.97. The molecule has 5 rings (SSSR count). The number of nitro groups is 1. The molecule has 31 heavy (non-hydrogen) atoms. The van der Waals surface area contributed by atoms with Crippen LogP contribution in [0.4, 0.5) is 17.3 Å². The van der Waals surface area contributed by atoms with Gasteiger partial charge in [0.25, 0.3) is 11.2 Å². The second-order valence-corrected chi connectivity index (χ2v) is 6.74. The third-order valence-corrected chi connectivity index (χ3v) is 5.05. The highest BCUT2D eigenvalue weighted by atomic mass is 16.6. The fourth-order valence-electron chi connectivity index (χ4n) is 3.59. The number of aromatic nitrogens is 6. The van der Waals surface area contributed by atoms with Gasteiger partial charge >= 0.3 is 0 Å². The Kier molecular flexibility index (Phi) is 4.17. The molecule has 3 heterocycles. The van der Waals surface area contributed by atoms with Crippen LogP contribution in [0.1, 0.15) is 17.2 Å². The number of nitrogens with one attached hydrogen (secondary N) is 2. The van der Waals surface area contributed by atoms with Gasteiger partial charge in [0.05, 0.1) is 17.7 Å². The molecule has 0 amide bonds. The van der Waals surface area contributed by atoms with Crippen molar-refractivity contribution in [2.75, 3.05) is 12.4 Å². The monoisotopic (exact) mass is 418 g/mol.